The van der Waals surface area contributed by atoms with Crippen LogP contribution in [0.4, 0.5) is 13.2 Å². The average molecular weight is 427 g/mol. The highest BCUT2D eigenvalue weighted by molar-refractivity contribution is 5.94. The van der Waals surface area contributed by atoms with E-state index < -0.39 is 23.1 Å². The summed E-state index contributed by atoms with van der Waals surface area (Å²) in [5.74, 6) is -2.68. The molecular formula is C23H20F3N3O2. The van der Waals surface area contributed by atoms with Gasteiger partial charge in [0.05, 0.1) is 5.69 Å². The van der Waals surface area contributed by atoms with E-state index in [-0.39, 0.29) is 17.3 Å². The van der Waals surface area contributed by atoms with Crippen LogP contribution in [0.2, 0.25) is 0 Å². The van der Waals surface area contributed by atoms with Gasteiger partial charge in [0.1, 0.15) is 23.0 Å². The maximum atomic E-state index is 13.9. The van der Waals surface area contributed by atoms with Crippen LogP contribution in [-0.2, 0) is 6.54 Å². The van der Waals surface area contributed by atoms with E-state index in [9.17, 15) is 22.8 Å². The Bertz CT molecular complexity index is 1130. The Hall–Kier alpha value is -3.42. The normalized spacial score (nSPS) is 14.6. The molecule has 0 N–H and O–H groups in total. The van der Waals surface area contributed by atoms with Crippen LogP contribution in [0.15, 0.2) is 59.4 Å². The molecule has 1 aromatic heterocycles. The van der Waals surface area contributed by atoms with Crippen molar-refractivity contribution in [3.63, 3.8) is 0 Å². The number of hydrogen-bond donors (Lipinski definition) is 0. The van der Waals surface area contributed by atoms with E-state index in [4.69, 9.17) is 0 Å². The fraction of sp³-hybridized carbons (Fsp3) is 0.261. The molecule has 2 aromatic carbocycles. The summed E-state index contributed by atoms with van der Waals surface area (Å²) in [5, 5.41) is 4.39. The van der Waals surface area contributed by atoms with Gasteiger partial charge in [-0.15, -0.1) is 0 Å². The third-order valence-electron chi connectivity index (χ3n) is 5.52. The van der Waals surface area contributed by atoms with Crippen LogP contribution in [0.3, 0.4) is 0 Å². The van der Waals surface area contributed by atoms with Gasteiger partial charge < -0.3 is 4.90 Å². The molecular weight excluding hydrogens is 407 g/mol. The summed E-state index contributed by atoms with van der Waals surface area (Å²) in [4.78, 5) is 26.2. The van der Waals surface area contributed by atoms with E-state index >= 15 is 0 Å². The summed E-state index contributed by atoms with van der Waals surface area (Å²) in [6.45, 7) is 1.04. The summed E-state index contributed by atoms with van der Waals surface area (Å²) < 4.78 is 42.3. The number of piperidine rings is 1. The Morgan fingerprint density at radius 1 is 0.935 bits per heavy atom. The number of benzene rings is 2. The fourth-order valence-corrected chi connectivity index (χ4v) is 3.78. The van der Waals surface area contributed by atoms with Gasteiger partial charge in [0.25, 0.3) is 11.5 Å². The van der Waals surface area contributed by atoms with Crippen molar-refractivity contribution in [3.8, 4) is 11.3 Å². The number of rotatable bonds is 4. The predicted octanol–water partition coefficient (Wildman–Crippen LogP) is 3.88. The molecule has 0 saturated carbocycles. The molecule has 1 saturated heterocycles. The van der Waals surface area contributed by atoms with Crippen molar-refractivity contribution in [1.82, 2.24) is 14.7 Å². The first kappa shape index (κ1) is 20.8. The zero-order valence-corrected chi connectivity index (χ0v) is 16.6. The molecule has 0 unspecified atom stereocenters. The SMILES string of the molecule is O=C(c1c(F)cccc1F)N1CCC(Cn2nc(-c3ccc(F)cc3)ccc2=O)CC1. The van der Waals surface area contributed by atoms with Gasteiger partial charge in [0.2, 0.25) is 0 Å². The summed E-state index contributed by atoms with van der Waals surface area (Å²) in [7, 11) is 0. The molecule has 31 heavy (non-hydrogen) atoms. The van der Waals surface area contributed by atoms with Crippen LogP contribution >= 0.6 is 0 Å². The fourth-order valence-electron chi connectivity index (χ4n) is 3.78. The molecule has 3 aromatic rings. The number of aromatic nitrogens is 2. The maximum absolute atomic E-state index is 13.9. The molecule has 0 bridgehead atoms. The summed E-state index contributed by atoms with van der Waals surface area (Å²) in [5.41, 5.74) is 0.466. The highest BCUT2D eigenvalue weighted by atomic mass is 19.1. The van der Waals surface area contributed by atoms with Crippen molar-refractivity contribution in [3.05, 3.63) is 88.0 Å². The van der Waals surface area contributed by atoms with Crippen molar-refractivity contribution in [2.45, 2.75) is 19.4 Å². The number of carbonyl (C=O) groups excluding carboxylic acids is 1. The number of likely N-dealkylation sites (tertiary alicyclic amines) is 1. The molecule has 1 fully saturated rings. The smallest absolute Gasteiger partial charge is 0.266 e. The van der Waals surface area contributed by atoms with Crippen molar-refractivity contribution in [1.29, 1.82) is 0 Å². The lowest BCUT2D eigenvalue weighted by atomic mass is 9.96. The van der Waals surface area contributed by atoms with E-state index in [0.717, 1.165) is 12.1 Å². The highest BCUT2D eigenvalue weighted by Gasteiger charge is 2.27. The molecule has 0 radical (unpaired) electrons. The van der Waals surface area contributed by atoms with Crippen LogP contribution in [0, 0.1) is 23.4 Å². The first-order valence-electron chi connectivity index (χ1n) is 10.00. The quantitative estimate of drug-likeness (QED) is 0.635. The van der Waals surface area contributed by atoms with Gasteiger partial charge in [-0.25, -0.2) is 17.9 Å². The molecule has 160 valence electrons. The zero-order valence-electron chi connectivity index (χ0n) is 16.6. The van der Waals surface area contributed by atoms with Gasteiger partial charge in [0.15, 0.2) is 0 Å². The number of nitrogens with zero attached hydrogens (tertiary/aromatic N) is 3. The maximum Gasteiger partial charge on any atom is 0.266 e. The lowest BCUT2D eigenvalue weighted by molar-refractivity contribution is 0.0670. The van der Waals surface area contributed by atoms with Crippen LogP contribution < -0.4 is 5.56 Å². The van der Waals surface area contributed by atoms with E-state index in [2.05, 4.69) is 5.10 Å². The Balaban J connectivity index is 1.43. The van der Waals surface area contributed by atoms with Crippen molar-refractivity contribution in [2.75, 3.05) is 13.1 Å². The van der Waals surface area contributed by atoms with Gasteiger partial charge in [-0.3, -0.25) is 9.59 Å². The molecule has 0 spiro atoms. The zero-order chi connectivity index (χ0) is 22.0. The van der Waals surface area contributed by atoms with Gasteiger partial charge >= 0.3 is 0 Å². The molecule has 1 aliphatic rings. The summed E-state index contributed by atoms with van der Waals surface area (Å²) in [6.07, 6.45) is 1.16. The van der Waals surface area contributed by atoms with E-state index in [1.807, 2.05) is 0 Å². The Morgan fingerprint density at radius 2 is 1.58 bits per heavy atom. The second kappa shape index (κ2) is 8.75. The van der Waals surface area contributed by atoms with Crippen LogP contribution in [0.5, 0.6) is 0 Å². The monoisotopic (exact) mass is 427 g/mol. The van der Waals surface area contributed by atoms with Crippen molar-refractivity contribution < 1.29 is 18.0 Å². The standard InChI is InChI=1S/C23H20F3N3O2/c24-17-6-4-16(5-7-17)20-8-9-21(30)29(27-20)14-15-10-12-28(13-11-15)23(31)22-18(25)2-1-3-19(22)26/h1-9,15H,10-14H2. The summed E-state index contributed by atoms with van der Waals surface area (Å²) in [6, 6.07) is 12.2. The minimum absolute atomic E-state index is 0.0863. The van der Waals surface area contributed by atoms with Crippen molar-refractivity contribution >= 4 is 5.91 Å². The van der Waals surface area contributed by atoms with E-state index in [1.54, 1.807) is 18.2 Å². The van der Waals surface area contributed by atoms with Gasteiger partial charge in [-0.05, 0) is 61.2 Å². The number of carbonyl (C=O) groups is 1. The molecule has 1 amide bonds. The Labute approximate surface area is 176 Å². The molecule has 8 heteroatoms. The predicted molar refractivity (Wildman–Crippen MR) is 109 cm³/mol. The second-order valence-electron chi connectivity index (χ2n) is 7.58. The van der Waals surface area contributed by atoms with Crippen molar-refractivity contribution in [2.24, 2.45) is 5.92 Å². The number of halogens is 3. The van der Waals surface area contributed by atoms with Gasteiger partial charge in [-0.2, -0.15) is 5.10 Å². The minimum Gasteiger partial charge on any atom is -0.338 e. The van der Waals surface area contributed by atoms with E-state index in [1.165, 1.54) is 33.8 Å². The molecule has 0 atom stereocenters. The third-order valence-corrected chi connectivity index (χ3v) is 5.52. The third kappa shape index (κ3) is 4.52. The first-order chi connectivity index (χ1) is 14.9. The number of hydrogen-bond acceptors (Lipinski definition) is 3. The first-order valence-corrected chi connectivity index (χ1v) is 10.00. The topological polar surface area (TPSA) is 55.2 Å². The van der Waals surface area contributed by atoms with Crippen LogP contribution in [-0.4, -0.2) is 33.7 Å². The van der Waals surface area contributed by atoms with Gasteiger partial charge in [-0.1, -0.05) is 6.07 Å². The highest BCUT2D eigenvalue weighted by Crippen LogP contribution is 2.23. The Morgan fingerprint density at radius 3 is 2.23 bits per heavy atom. The second-order valence-corrected chi connectivity index (χ2v) is 7.58. The lowest BCUT2D eigenvalue weighted by Gasteiger charge is -2.32. The number of amides is 1. The Kier molecular flexibility index (Phi) is 5.88. The van der Waals surface area contributed by atoms with Crippen LogP contribution in [0.25, 0.3) is 11.3 Å². The average Bonchev–Trinajstić information content (AvgIpc) is 2.76. The lowest BCUT2D eigenvalue weighted by Crippen LogP contribution is -2.41. The van der Waals surface area contributed by atoms with Crippen LogP contribution in [0.1, 0.15) is 23.2 Å². The molecule has 0 aliphatic carbocycles. The molecule has 1 aliphatic heterocycles. The minimum atomic E-state index is -0.875. The molecule has 5 nitrogen and oxygen atoms in total. The largest absolute Gasteiger partial charge is 0.338 e. The summed E-state index contributed by atoms with van der Waals surface area (Å²) >= 11 is 0. The molecule has 2 heterocycles. The molecule has 4 rings (SSSR count). The van der Waals surface area contributed by atoms with E-state index in [0.29, 0.717) is 43.7 Å². The van der Waals surface area contributed by atoms with Gasteiger partial charge in [0, 0.05) is 31.3 Å².